The summed E-state index contributed by atoms with van der Waals surface area (Å²) in [7, 11) is -3.96. The maximum Gasteiger partial charge on any atom is 0.264 e. The van der Waals surface area contributed by atoms with Crippen molar-refractivity contribution in [2.24, 2.45) is 0 Å². The predicted molar refractivity (Wildman–Crippen MR) is 136 cm³/mol. The minimum absolute atomic E-state index is 0.122. The van der Waals surface area contributed by atoms with Crippen molar-refractivity contribution in [2.75, 3.05) is 24.0 Å². The summed E-state index contributed by atoms with van der Waals surface area (Å²) in [6.45, 7) is 6.18. The van der Waals surface area contributed by atoms with E-state index in [1.807, 2.05) is 39.0 Å². The Morgan fingerprint density at radius 2 is 1.86 bits per heavy atom. The highest BCUT2D eigenvalue weighted by atomic mass is 35.5. The van der Waals surface area contributed by atoms with Crippen LogP contribution in [0.25, 0.3) is 0 Å². The number of anilines is 1. The molecular formula is C26H27ClN2O5S. The topological polar surface area (TPSA) is 84.9 Å². The number of hydrogen-bond donors (Lipinski definition) is 1. The van der Waals surface area contributed by atoms with E-state index in [1.165, 1.54) is 10.4 Å². The van der Waals surface area contributed by atoms with Gasteiger partial charge in [-0.1, -0.05) is 41.4 Å². The summed E-state index contributed by atoms with van der Waals surface area (Å²) in [4.78, 5) is 13.0. The Bertz CT molecular complexity index is 1340. The third-order valence-corrected chi connectivity index (χ3v) is 7.93. The molecule has 0 aromatic heterocycles. The molecule has 1 heterocycles. The third kappa shape index (κ3) is 5.39. The van der Waals surface area contributed by atoms with Crippen LogP contribution in [0.1, 0.15) is 16.7 Å². The number of benzene rings is 3. The van der Waals surface area contributed by atoms with E-state index in [0.29, 0.717) is 10.7 Å². The molecule has 9 heteroatoms. The number of nitrogens with one attached hydrogen (secondary N) is 1. The monoisotopic (exact) mass is 514 g/mol. The Morgan fingerprint density at radius 1 is 1.11 bits per heavy atom. The number of fused-ring (bicyclic) bond motifs is 1. The molecule has 1 atom stereocenters. The highest BCUT2D eigenvalue weighted by Crippen LogP contribution is 2.38. The first-order valence-corrected chi connectivity index (χ1v) is 13.0. The molecule has 7 nitrogen and oxygen atoms in total. The smallest absolute Gasteiger partial charge is 0.264 e. The van der Waals surface area contributed by atoms with Crippen molar-refractivity contribution in [3.8, 4) is 11.5 Å². The second-order valence-corrected chi connectivity index (χ2v) is 10.7. The van der Waals surface area contributed by atoms with Crippen LogP contribution in [0.2, 0.25) is 5.02 Å². The number of sulfonamides is 1. The first-order valence-electron chi connectivity index (χ1n) is 11.2. The van der Waals surface area contributed by atoms with Gasteiger partial charge in [-0.2, -0.15) is 0 Å². The Kier molecular flexibility index (Phi) is 7.23. The van der Waals surface area contributed by atoms with Crippen molar-refractivity contribution < 1.29 is 22.7 Å². The summed E-state index contributed by atoms with van der Waals surface area (Å²) < 4.78 is 39.8. The SMILES string of the molecule is Cc1ccc(S(=O)(=O)N2CC(C(=O)NCCOc3cccc(C)c3C)Oc3ccc(Cl)cc32)cc1. The van der Waals surface area contributed by atoms with Crippen LogP contribution in [0.4, 0.5) is 5.69 Å². The number of carbonyl (C=O) groups is 1. The van der Waals surface area contributed by atoms with Gasteiger partial charge in [0.2, 0.25) is 0 Å². The fraction of sp³-hybridized carbons (Fsp3) is 0.269. The zero-order chi connectivity index (χ0) is 25.2. The number of nitrogens with zero attached hydrogens (tertiary/aromatic N) is 1. The molecule has 184 valence electrons. The van der Waals surface area contributed by atoms with Gasteiger partial charge in [-0.25, -0.2) is 8.42 Å². The number of carbonyl (C=O) groups excluding carboxylic acids is 1. The Hall–Kier alpha value is -3.23. The molecule has 35 heavy (non-hydrogen) atoms. The lowest BCUT2D eigenvalue weighted by Crippen LogP contribution is -2.51. The summed E-state index contributed by atoms with van der Waals surface area (Å²) in [5.74, 6) is 0.594. The summed E-state index contributed by atoms with van der Waals surface area (Å²) in [5, 5.41) is 3.15. The maximum atomic E-state index is 13.5. The molecule has 3 aromatic carbocycles. The number of ether oxygens (including phenoxy) is 2. The standard InChI is InChI=1S/C26H27ClN2O5S/c1-17-7-10-21(11-8-17)35(31,32)29-16-25(34-24-12-9-20(27)15-22(24)29)26(30)28-13-14-33-23-6-4-5-18(2)19(23)3/h4-12,15,25H,13-14,16H2,1-3H3,(H,28,30). The zero-order valence-electron chi connectivity index (χ0n) is 19.7. The van der Waals surface area contributed by atoms with Gasteiger partial charge in [-0.3, -0.25) is 9.10 Å². The van der Waals surface area contributed by atoms with E-state index >= 15 is 0 Å². The fourth-order valence-electron chi connectivity index (χ4n) is 3.76. The van der Waals surface area contributed by atoms with Crippen molar-refractivity contribution in [1.29, 1.82) is 0 Å². The van der Waals surface area contributed by atoms with Crippen LogP contribution in [0, 0.1) is 20.8 Å². The summed E-state index contributed by atoms with van der Waals surface area (Å²) in [5.41, 5.74) is 3.40. The van der Waals surface area contributed by atoms with Crippen LogP contribution in [0.15, 0.2) is 65.6 Å². The van der Waals surface area contributed by atoms with Gasteiger partial charge >= 0.3 is 0 Å². The van der Waals surface area contributed by atoms with Gasteiger partial charge in [0.1, 0.15) is 18.1 Å². The minimum atomic E-state index is -3.96. The molecule has 0 spiro atoms. The van der Waals surface area contributed by atoms with E-state index < -0.39 is 22.0 Å². The Balaban J connectivity index is 1.49. The zero-order valence-corrected chi connectivity index (χ0v) is 21.3. The van der Waals surface area contributed by atoms with Crippen molar-refractivity contribution in [3.63, 3.8) is 0 Å². The van der Waals surface area contributed by atoms with Crippen molar-refractivity contribution in [2.45, 2.75) is 31.8 Å². The number of amides is 1. The molecule has 0 saturated carbocycles. The van der Waals surface area contributed by atoms with Gasteiger partial charge in [0.25, 0.3) is 15.9 Å². The van der Waals surface area contributed by atoms with Gasteiger partial charge in [0.05, 0.1) is 23.7 Å². The van der Waals surface area contributed by atoms with E-state index in [-0.39, 0.29) is 30.3 Å². The van der Waals surface area contributed by atoms with Crippen LogP contribution in [-0.2, 0) is 14.8 Å². The molecule has 0 radical (unpaired) electrons. The van der Waals surface area contributed by atoms with Crippen LogP contribution in [-0.4, -0.2) is 40.1 Å². The Morgan fingerprint density at radius 3 is 2.60 bits per heavy atom. The third-order valence-electron chi connectivity index (χ3n) is 5.91. The molecule has 1 unspecified atom stereocenters. The molecule has 0 aliphatic carbocycles. The molecule has 0 fully saturated rings. The van der Waals surface area contributed by atoms with Gasteiger partial charge in [0, 0.05) is 5.02 Å². The van der Waals surface area contributed by atoms with E-state index in [9.17, 15) is 13.2 Å². The molecule has 0 bridgehead atoms. The van der Waals surface area contributed by atoms with Gasteiger partial charge in [-0.15, -0.1) is 0 Å². The van der Waals surface area contributed by atoms with Gasteiger partial charge < -0.3 is 14.8 Å². The van der Waals surface area contributed by atoms with Gasteiger partial charge in [0.15, 0.2) is 6.10 Å². The Labute approximate surface area is 210 Å². The maximum absolute atomic E-state index is 13.5. The summed E-state index contributed by atoms with van der Waals surface area (Å²) >= 11 is 6.14. The fourth-order valence-corrected chi connectivity index (χ4v) is 5.39. The molecule has 3 aromatic rings. The highest BCUT2D eigenvalue weighted by Gasteiger charge is 2.37. The highest BCUT2D eigenvalue weighted by molar-refractivity contribution is 7.92. The van der Waals surface area contributed by atoms with Crippen molar-refractivity contribution in [1.82, 2.24) is 5.32 Å². The second kappa shape index (κ2) is 10.2. The van der Waals surface area contributed by atoms with E-state index in [2.05, 4.69) is 5.32 Å². The lowest BCUT2D eigenvalue weighted by molar-refractivity contribution is -0.127. The first kappa shape index (κ1) is 24.9. The lowest BCUT2D eigenvalue weighted by Gasteiger charge is -2.35. The number of aryl methyl sites for hydroxylation is 2. The molecular weight excluding hydrogens is 488 g/mol. The predicted octanol–water partition coefficient (Wildman–Crippen LogP) is 4.42. The minimum Gasteiger partial charge on any atom is -0.491 e. The molecule has 1 amide bonds. The normalized spacial score (nSPS) is 15.2. The quantitative estimate of drug-likeness (QED) is 0.472. The van der Waals surface area contributed by atoms with Crippen LogP contribution < -0.4 is 19.1 Å². The number of hydrogen-bond acceptors (Lipinski definition) is 5. The largest absolute Gasteiger partial charge is 0.491 e. The number of rotatable bonds is 7. The molecule has 1 aliphatic rings. The number of halogens is 1. The van der Waals surface area contributed by atoms with E-state index in [1.54, 1.807) is 36.4 Å². The molecule has 0 saturated heterocycles. The van der Waals surface area contributed by atoms with E-state index in [4.69, 9.17) is 21.1 Å². The molecule has 1 aliphatic heterocycles. The summed E-state index contributed by atoms with van der Waals surface area (Å²) in [6.07, 6.45) is -1.04. The molecule has 4 rings (SSSR count). The van der Waals surface area contributed by atoms with Crippen molar-refractivity contribution >= 4 is 33.2 Å². The first-order chi connectivity index (χ1) is 16.7. The average molecular weight is 515 g/mol. The molecule has 1 N–H and O–H groups in total. The van der Waals surface area contributed by atoms with Crippen molar-refractivity contribution in [3.05, 3.63) is 82.4 Å². The van der Waals surface area contributed by atoms with E-state index in [0.717, 1.165) is 22.4 Å². The van der Waals surface area contributed by atoms with Crippen LogP contribution in [0.3, 0.4) is 0 Å². The summed E-state index contributed by atoms with van der Waals surface area (Å²) in [6, 6.07) is 17.0. The van der Waals surface area contributed by atoms with Crippen LogP contribution in [0.5, 0.6) is 11.5 Å². The average Bonchev–Trinajstić information content (AvgIpc) is 2.83. The second-order valence-electron chi connectivity index (χ2n) is 8.41. The lowest BCUT2D eigenvalue weighted by atomic mass is 10.1. The van der Waals surface area contributed by atoms with Gasteiger partial charge in [-0.05, 0) is 68.3 Å². The van der Waals surface area contributed by atoms with Crippen LogP contribution >= 0.6 is 11.6 Å².